The summed E-state index contributed by atoms with van der Waals surface area (Å²) in [6.07, 6.45) is 4.24. The molecule has 0 fully saturated rings. The molecule has 0 radical (unpaired) electrons. The van der Waals surface area contributed by atoms with Crippen molar-refractivity contribution in [3.63, 3.8) is 0 Å². The summed E-state index contributed by atoms with van der Waals surface area (Å²) < 4.78 is 5.16. The smallest absolute Gasteiger partial charge is 0.319 e. The van der Waals surface area contributed by atoms with Crippen LogP contribution in [-0.4, -0.2) is 44.5 Å². The van der Waals surface area contributed by atoms with Crippen LogP contribution in [0.3, 0.4) is 0 Å². The predicted octanol–water partition coefficient (Wildman–Crippen LogP) is 1.98. The summed E-state index contributed by atoms with van der Waals surface area (Å²) >= 11 is 0. The molecule has 1 rings (SSSR count). The van der Waals surface area contributed by atoms with E-state index < -0.39 is 5.91 Å². The molecule has 0 unspecified atom stereocenters. The maximum Gasteiger partial charge on any atom is 0.319 e. The van der Waals surface area contributed by atoms with E-state index >= 15 is 0 Å². The molecule has 1 aromatic rings. The Hall–Kier alpha value is -3.19. The normalized spacial score (nSPS) is 9.11. The summed E-state index contributed by atoms with van der Waals surface area (Å²) in [5, 5.41) is 13.2. The molecule has 0 saturated carbocycles. The first-order valence-electron chi connectivity index (χ1n) is 8.46. The molecule has 9 heteroatoms. The molecule has 0 aliphatic heterocycles. The van der Waals surface area contributed by atoms with E-state index in [1.807, 2.05) is 12.1 Å². The molecule has 0 aliphatic rings. The number of carbonyl (C=O) groups is 3. The number of urea groups is 1. The van der Waals surface area contributed by atoms with Crippen LogP contribution in [0.15, 0.2) is 24.3 Å². The van der Waals surface area contributed by atoms with Crippen LogP contribution in [0.5, 0.6) is 5.75 Å². The Bertz CT molecular complexity index is 642. The number of para-hydroxylation sites is 2. The number of benzene rings is 1. The molecule has 27 heavy (non-hydrogen) atoms. The highest BCUT2D eigenvalue weighted by molar-refractivity contribution is 6.36. The zero-order valence-electron chi connectivity index (χ0n) is 15.6. The van der Waals surface area contributed by atoms with Gasteiger partial charge in [-0.15, -0.1) is 0 Å². The molecule has 4 N–H and O–H groups in total. The average molecular weight is 378 g/mol. The molecule has 9 nitrogen and oxygen atoms in total. The first-order chi connectivity index (χ1) is 13.0. The number of ketones is 1. The van der Waals surface area contributed by atoms with Crippen LogP contribution in [0.1, 0.15) is 32.1 Å². The molecule has 0 atom stereocenters. The lowest BCUT2D eigenvalue weighted by molar-refractivity contribution is -0.137. The number of anilines is 1. The van der Waals surface area contributed by atoms with Crippen LogP contribution in [-0.2, 0) is 14.4 Å². The van der Waals surface area contributed by atoms with Gasteiger partial charge in [-0.1, -0.05) is 25.0 Å². The van der Waals surface area contributed by atoms with E-state index in [1.165, 1.54) is 7.05 Å². The van der Waals surface area contributed by atoms with E-state index in [-0.39, 0.29) is 18.2 Å². The fraction of sp³-hybridized carbons (Fsp3) is 0.444. The second-order valence-electron chi connectivity index (χ2n) is 5.35. The van der Waals surface area contributed by atoms with Crippen molar-refractivity contribution in [3.8, 4) is 5.75 Å². The zero-order valence-corrected chi connectivity index (χ0v) is 15.6. The summed E-state index contributed by atoms with van der Waals surface area (Å²) in [5.41, 5.74) is 0.616. The molecule has 0 saturated heterocycles. The van der Waals surface area contributed by atoms with Crippen LogP contribution < -0.4 is 20.7 Å². The van der Waals surface area contributed by atoms with Crippen molar-refractivity contribution >= 4 is 29.5 Å². The lowest BCUT2D eigenvalue weighted by Gasteiger charge is -2.10. The van der Waals surface area contributed by atoms with Gasteiger partial charge in [-0.3, -0.25) is 9.59 Å². The quantitative estimate of drug-likeness (QED) is 0.213. The highest BCUT2D eigenvalue weighted by atomic mass is 16.5. The van der Waals surface area contributed by atoms with E-state index in [1.54, 1.807) is 19.2 Å². The summed E-state index contributed by atoms with van der Waals surface area (Å²) in [4.78, 5) is 42.5. The van der Waals surface area contributed by atoms with Crippen LogP contribution in [0.25, 0.3) is 0 Å². The minimum absolute atomic E-state index is 0.265. The topological polar surface area (TPSA) is 137 Å². The van der Waals surface area contributed by atoms with Gasteiger partial charge < -0.3 is 20.7 Å². The van der Waals surface area contributed by atoms with Gasteiger partial charge in [0.15, 0.2) is 0 Å². The highest BCUT2D eigenvalue weighted by Crippen LogP contribution is 2.22. The number of amides is 3. The number of ether oxygens (including phenoxy) is 1. The number of likely N-dealkylation sites (N-methyl/N-ethyl adjacent to an activating group) is 1. The van der Waals surface area contributed by atoms with E-state index in [0.29, 0.717) is 24.4 Å². The summed E-state index contributed by atoms with van der Waals surface area (Å²) in [7, 11) is 3.00. The van der Waals surface area contributed by atoms with Crippen molar-refractivity contribution in [2.75, 3.05) is 26.0 Å². The van der Waals surface area contributed by atoms with Crippen molar-refractivity contribution in [1.29, 1.82) is 5.41 Å². The fourth-order valence-corrected chi connectivity index (χ4v) is 2.13. The highest BCUT2D eigenvalue weighted by Gasteiger charge is 2.10. The molecule has 0 aromatic heterocycles. The van der Waals surface area contributed by atoms with Gasteiger partial charge in [0.2, 0.25) is 11.9 Å². The number of isocyanates is 1. The van der Waals surface area contributed by atoms with Crippen LogP contribution >= 0.6 is 0 Å². The third-order valence-corrected chi connectivity index (χ3v) is 3.45. The SMILES string of the molecule is CNC(=O)C(=O)CCCCCCNC(=O)Nc1ccccc1OC.N=C=O. The number of unbranched alkanes of at least 4 members (excludes halogenated alkanes) is 3. The van der Waals surface area contributed by atoms with Crippen molar-refractivity contribution in [2.24, 2.45) is 0 Å². The fourth-order valence-electron chi connectivity index (χ4n) is 2.13. The first kappa shape index (κ1) is 23.8. The monoisotopic (exact) mass is 378 g/mol. The van der Waals surface area contributed by atoms with Gasteiger partial charge in [-0.2, -0.15) is 0 Å². The first-order valence-corrected chi connectivity index (χ1v) is 8.46. The van der Waals surface area contributed by atoms with E-state index in [2.05, 4.69) is 16.0 Å². The van der Waals surface area contributed by atoms with E-state index in [0.717, 1.165) is 25.3 Å². The van der Waals surface area contributed by atoms with Gasteiger partial charge >= 0.3 is 6.03 Å². The van der Waals surface area contributed by atoms with Gasteiger partial charge in [-0.25, -0.2) is 15.0 Å². The van der Waals surface area contributed by atoms with Crippen LogP contribution in [0.4, 0.5) is 10.5 Å². The minimum atomic E-state index is -0.537. The van der Waals surface area contributed by atoms with Crippen molar-refractivity contribution in [2.45, 2.75) is 32.1 Å². The molecule has 3 amide bonds. The van der Waals surface area contributed by atoms with Crippen LogP contribution in [0.2, 0.25) is 0 Å². The lowest BCUT2D eigenvalue weighted by Crippen LogP contribution is -2.29. The summed E-state index contributed by atoms with van der Waals surface area (Å²) in [6.45, 7) is 0.546. The molecule has 1 aromatic carbocycles. The van der Waals surface area contributed by atoms with Gasteiger partial charge in [0.1, 0.15) is 5.75 Å². The second kappa shape index (κ2) is 15.1. The maximum atomic E-state index is 11.8. The van der Waals surface area contributed by atoms with Crippen molar-refractivity contribution < 1.29 is 23.9 Å². The van der Waals surface area contributed by atoms with E-state index in [4.69, 9.17) is 14.9 Å². The number of carbonyl (C=O) groups excluding carboxylic acids is 4. The Balaban J connectivity index is 0.00000210. The zero-order chi connectivity index (χ0) is 20.5. The van der Waals surface area contributed by atoms with Gasteiger partial charge in [-0.05, 0) is 25.0 Å². The Morgan fingerprint density at radius 1 is 1.11 bits per heavy atom. The molecule has 0 aliphatic carbocycles. The number of Topliss-reactive ketones (excluding diaryl/α,β-unsaturated/α-hetero) is 1. The van der Waals surface area contributed by atoms with E-state index in [9.17, 15) is 14.4 Å². The van der Waals surface area contributed by atoms with Gasteiger partial charge in [0, 0.05) is 20.0 Å². The van der Waals surface area contributed by atoms with Crippen molar-refractivity contribution in [1.82, 2.24) is 10.6 Å². The predicted molar refractivity (Wildman–Crippen MR) is 101 cm³/mol. The van der Waals surface area contributed by atoms with Crippen molar-refractivity contribution in [3.05, 3.63) is 24.3 Å². The number of nitrogens with one attached hydrogen (secondary N) is 4. The Kier molecular flexibility index (Phi) is 13.3. The third kappa shape index (κ3) is 11.1. The minimum Gasteiger partial charge on any atom is -0.495 e. The maximum absolute atomic E-state index is 11.8. The largest absolute Gasteiger partial charge is 0.495 e. The standard InChI is InChI=1S/C17H25N3O4.CHNO/c1-18-16(22)14(21)10-5-3-4-8-12-19-17(23)20-13-9-6-7-11-15(13)24-2;2-1-3/h6-7,9,11H,3-5,8,10,12H2,1-2H3,(H,18,22)(H2,19,20,23);2H. The molecule has 148 valence electrons. The Morgan fingerprint density at radius 2 is 1.74 bits per heavy atom. The number of rotatable bonds is 10. The van der Waals surface area contributed by atoms with Crippen LogP contribution in [0, 0.1) is 5.41 Å². The number of methoxy groups -OCH3 is 1. The molecule has 0 bridgehead atoms. The molecular formula is C18H26N4O5. The van der Waals surface area contributed by atoms with Gasteiger partial charge in [0.05, 0.1) is 12.8 Å². The number of hydrogen-bond donors (Lipinski definition) is 4. The van der Waals surface area contributed by atoms with Gasteiger partial charge in [0.25, 0.3) is 5.91 Å². The number of hydrogen-bond acceptors (Lipinski definition) is 6. The Morgan fingerprint density at radius 3 is 2.37 bits per heavy atom. The average Bonchev–Trinajstić information content (AvgIpc) is 2.67. The third-order valence-electron chi connectivity index (χ3n) is 3.45. The second-order valence-corrected chi connectivity index (χ2v) is 5.35. The Labute approximate surface area is 158 Å². The summed E-state index contributed by atoms with van der Waals surface area (Å²) in [6, 6.07) is 6.90. The molecular weight excluding hydrogens is 352 g/mol. The lowest BCUT2D eigenvalue weighted by atomic mass is 10.1. The summed E-state index contributed by atoms with van der Waals surface area (Å²) in [5.74, 6) is -0.315. The molecule has 0 spiro atoms. The molecule has 0 heterocycles.